The fourth-order valence-corrected chi connectivity index (χ4v) is 4.09. The van der Waals surface area contributed by atoms with E-state index in [2.05, 4.69) is 32.8 Å². The molecule has 154 valence electrons. The normalized spacial score (nSPS) is 15.8. The Morgan fingerprint density at radius 1 is 1.13 bits per heavy atom. The molecule has 0 aliphatic carbocycles. The predicted molar refractivity (Wildman–Crippen MR) is 118 cm³/mol. The molecule has 0 radical (unpaired) electrons. The van der Waals surface area contributed by atoms with Gasteiger partial charge in [0.05, 0.1) is 23.0 Å². The van der Waals surface area contributed by atoms with Crippen molar-refractivity contribution >= 4 is 22.6 Å². The largest absolute Gasteiger partial charge is 0.436 e. The molecule has 4 aromatic rings. The van der Waals surface area contributed by atoms with Crippen LogP contribution in [-0.2, 0) is 0 Å². The van der Waals surface area contributed by atoms with Crippen molar-refractivity contribution in [3.63, 3.8) is 0 Å². The Balaban J connectivity index is 1.52. The smallest absolute Gasteiger partial charge is 0.231 e. The number of aromatic nitrogens is 4. The Bertz CT molecular complexity index is 1220. The quantitative estimate of drug-likeness (QED) is 0.504. The van der Waals surface area contributed by atoms with Gasteiger partial charge in [-0.2, -0.15) is 5.10 Å². The molecule has 0 amide bonds. The van der Waals surface area contributed by atoms with E-state index in [1.54, 1.807) is 12.3 Å². The number of benzene rings is 1. The van der Waals surface area contributed by atoms with Crippen LogP contribution in [0.3, 0.4) is 0 Å². The van der Waals surface area contributed by atoms with Crippen LogP contribution in [0.25, 0.3) is 33.7 Å². The van der Waals surface area contributed by atoms with E-state index in [1.807, 2.05) is 25.1 Å². The van der Waals surface area contributed by atoms with Crippen molar-refractivity contribution in [1.29, 1.82) is 0 Å². The number of nitrogens with two attached hydrogens (primary N) is 2. The maximum atomic E-state index is 6.16. The fraction of sp³-hybridized carbons (Fsp3) is 0.318. The van der Waals surface area contributed by atoms with Gasteiger partial charge in [0.1, 0.15) is 11.3 Å². The van der Waals surface area contributed by atoms with E-state index in [1.165, 1.54) is 0 Å². The summed E-state index contributed by atoms with van der Waals surface area (Å²) >= 11 is 0. The number of anilines is 2. The first kappa shape index (κ1) is 18.6. The first-order valence-corrected chi connectivity index (χ1v) is 10.1. The fourth-order valence-electron chi connectivity index (χ4n) is 4.09. The summed E-state index contributed by atoms with van der Waals surface area (Å²) in [6, 6.07) is 7.87. The Hall–Kier alpha value is -3.39. The minimum atomic E-state index is 0.365. The highest BCUT2D eigenvalue weighted by molar-refractivity contribution is 5.88. The van der Waals surface area contributed by atoms with Gasteiger partial charge < -0.3 is 20.8 Å². The molecule has 5 rings (SSSR count). The van der Waals surface area contributed by atoms with Gasteiger partial charge in [-0.1, -0.05) is 6.07 Å². The maximum absolute atomic E-state index is 6.16. The minimum Gasteiger partial charge on any atom is -0.436 e. The maximum Gasteiger partial charge on any atom is 0.231 e. The summed E-state index contributed by atoms with van der Waals surface area (Å²) in [6.07, 6.45) is 6.10. The molecular formula is C22H25N7O. The van der Waals surface area contributed by atoms with Gasteiger partial charge in [-0.15, -0.1) is 0 Å². The minimum absolute atomic E-state index is 0.365. The van der Waals surface area contributed by atoms with Crippen LogP contribution in [0.4, 0.5) is 11.5 Å². The molecule has 1 fully saturated rings. The van der Waals surface area contributed by atoms with Crippen molar-refractivity contribution < 1.29 is 4.42 Å². The van der Waals surface area contributed by atoms with Crippen LogP contribution in [-0.4, -0.2) is 44.8 Å². The lowest BCUT2D eigenvalue weighted by molar-refractivity contribution is 0.212. The molecule has 4 heterocycles. The molecular weight excluding hydrogens is 378 g/mol. The number of piperidine rings is 1. The van der Waals surface area contributed by atoms with Gasteiger partial charge in [-0.25, -0.2) is 9.97 Å². The third-order valence-electron chi connectivity index (χ3n) is 5.89. The summed E-state index contributed by atoms with van der Waals surface area (Å²) < 4.78 is 8.02. The lowest BCUT2D eigenvalue weighted by atomic mass is 10.1. The molecule has 1 aliphatic rings. The summed E-state index contributed by atoms with van der Waals surface area (Å²) in [5.74, 6) is 0.777. The van der Waals surface area contributed by atoms with E-state index in [0.717, 1.165) is 42.8 Å². The van der Waals surface area contributed by atoms with Crippen LogP contribution >= 0.6 is 0 Å². The zero-order valence-corrected chi connectivity index (χ0v) is 17.2. The van der Waals surface area contributed by atoms with E-state index in [0.29, 0.717) is 40.1 Å². The molecule has 0 spiro atoms. The van der Waals surface area contributed by atoms with Gasteiger partial charge in [0.2, 0.25) is 5.89 Å². The summed E-state index contributed by atoms with van der Waals surface area (Å²) in [5.41, 5.74) is 17.6. The third kappa shape index (κ3) is 3.19. The molecule has 3 aromatic heterocycles. The predicted octanol–water partition coefficient (Wildman–Crippen LogP) is 3.49. The van der Waals surface area contributed by atoms with Crippen molar-refractivity contribution in [2.24, 2.45) is 0 Å². The number of oxazole rings is 1. The number of hydrogen-bond acceptors (Lipinski definition) is 7. The van der Waals surface area contributed by atoms with Crippen molar-refractivity contribution in [3.05, 3.63) is 42.4 Å². The Morgan fingerprint density at radius 3 is 2.70 bits per heavy atom. The van der Waals surface area contributed by atoms with Crippen LogP contribution in [0, 0.1) is 6.92 Å². The SMILES string of the molecule is Cc1nn(C2CCN(C)CC2)cc1-c1cnc(N)c(-c2nc3c(N)cccc3o2)c1. The van der Waals surface area contributed by atoms with E-state index >= 15 is 0 Å². The highest BCUT2D eigenvalue weighted by Gasteiger charge is 2.21. The van der Waals surface area contributed by atoms with Gasteiger partial charge in [-0.3, -0.25) is 4.68 Å². The number of nitrogen functional groups attached to an aromatic ring is 2. The van der Waals surface area contributed by atoms with E-state index in [9.17, 15) is 0 Å². The van der Waals surface area contributed by atoms with E-state index in [4.69, 9.17) is 21.0 Å². The van der Waals surface area contributed by atoms with Crippen LogP contribution in [0.1, 0.15) is 24.6 Å². The average molecular weight is 403 g/mol. The zero-order chi connectivity index (χ0) is 20.8. The van der Waals surface area contributed by atoms with Crippen LogP contribution in [0.2, 0.25) is 0 Å². The number of likely N-dealkylation sites (tertiary alicyclic amines) is 1. The van der Waals surface area contributed by atoms with Crippen LogP contribution in [0.5, 0.6) is 0 Å². The lowest BCUT2D eigenvalue weighted by Gasteiger charge is -2.29. The highest BCUT2D eigenvalue weighted by atomic mass is 16.3. The van der Waals surface area contributed by atoms with Crippen molar-refractivity contribution in [2.45, 2.75) is 25.8 Å². The second-order valence-corrected chi connectivity index (χ2v) is 8.01. The molecule has 0 saturated carbocycles. The topological polar surface area (TPSA) is 112 Å². The second kappa shape index (κ2) is 7.14. The summed E-state index contributed by atoms with van der Waals surface area (Å²) in [5, 5.41) is 4.79. The third-order valence-corrected chi connectivity index (χ3v) is 5.89. The van der Waals surface area contributed by atoms with Crippen LogP contribution < -0.4 is 11.5 Å². The van der Waals surface area contributed by atoms with Crippen LogP contribution in [0.15, 0.2) is 41.1 Å². The lowest BCUT2D eigenvalue weighted by Crippen LogP contribution is -2.31. The van der Waals surface area contributed by atoms with E-state index < -0.39 is 0 Å². The molecule has 30 heavy (non-hydrogen) atoms. The molecule has 4 N–H and O–H groups in total. The number of fused-ring (bicyclic) bond motifs is 1. The van der Waals surface area contributed by atoms with Gasteiger partial charge in [0, 0.05) is 23.5 Å². The zero-order valence-electron chi connectivity index (χ0n) is 17.2. The Labute approximate surface area is 174 Å². The number of aryl methyl sites for hydroxylation is 1. The Morgan fingerprint density at radius 2 is 1.93 bits per heavy atom. The molecule has 1 aliphatic heterocycles. The molecule has 0 unspecified atom stereocenters. The summed E-state index contributed by atoms with van der Waals surface area (Å²) in [4.78, 5) is 11.3. The van der Waals surface area contributed by atoms with Gasteiger partial charge in [-0.05, 0) is 58.1 Å². The average Bonchev–Trinajstić information content (AvgIpc) is 3.34. The molecule has 0 bridgehead atoms. The first-order valence-electron chi connectivity index (χ1n) is 10.1. The van der Waals surface area contributed by atoms with Crippen molar-refractivity contribution in [2.75, 3.05) is 31.6 Å². The molecule has 0 atom stereocenters. The number of nitrogens with zero attached hydrogens (tertiary/aromatic N) is 5. The summed E-state index contributed by atoms with van der Waals surface area (Å²) in [7, 11) is 2.16. The number of para-hydroxylation sites is 1. The molecule has 1 aromatic carbocycles. The number of pyridine rings is 1. The van der Waals surface area contributed by atoms with Gasteiger partial charge >= 0.3 is 0 Å². The monoisotopic (exact) mass is 403 g/mol. The molecule has 8 heteroatoms. The molecule has 1 saturated heterocycles. The second-order valence-electron chi connectivity index (χ2n) is 8.01. The first-order chi connectivity index (χ1) is 14.5. The standard InChI is InChI=1S/C22H25N7O/c1-13-17(12-29(27-13)15-6-8-28(2)9-7-15)14-10-16(21(24)25-11-14)22-26-20-18(23)4-3-5-19(20)30-22/h3-5,10-12,15H,6-9,23H2,1-2H3,(H2,24,25). The molecule has 8 nitrogen and oxygen atoms in total. The van der Waals surface area contributed by atoms with Crippen molar-refractivity contribution in [1.82, 2.24) is 24.6 Å². The van der Waals surface area contributed by atoms with Gasteiger partial charge in [0.15, 0.2) is 5.58 Å². The van der Waals surface area contributed by atoms with Crippen molar-refractivity contribution in [3.8, 4) is 22.6 Å². The number of hydrogen-bond donors (Lipinski definition) is 2. The Kier molecular flexibility index (Phi) is 4.43. The van der Waals surface area contributed by atoms with Gasteiger partial charge in [0.25, 0.3) is 0 Å². The van der Waals surface area contributed by atoms with E-state index in [-0.39, 0.29) is 0 Å². The summed E-state index contributed by atoms with van der Waals surface area (Å²) in [6.45, 7) is 4.21. The highest BCUT2D eigenvalue weighted by Crippen LogP contribution is 2.34. The number of rotatable bonds is 3.